The van der Waals surface area contributed by atoms with E-state index in [4.69, 9.17) is 0 Å². The molecule has 0 N–H and O–H groups in total. The number of allylic oxidation sites excluding steroid dienone is 1. The van der Waals surface area contributed by atoms with Gasteiger partial charge in [0.2, 0.25) is 0 Å². The Morgan fingerprint density at radius 2 is 1.52 bits per heavy atom. The van der Waals surface area contributed by atoms with E-state index < -0.39 is 0 Å². The van der Waals surface area contributed by atoms with Crippen LogP contribution < -0.4 is 0 Å². The van der Waals surface area contributed by atoms with Crippen molar-refractivity contribution in [3.63, 3.8) is 0 Å². The average Bonchev–Trinajstić information content (AvgIpc) is 2.54. The molecule has 0 atom stereocenters. The van der Waals surface area contributed by atoms with Crippen LogP contribution in [0.5, 0.6) is 0 Å². The van der Waals surface area contributed by atoms with Crippen molar-refractivity contribution in [2.24, 2.45) is 0 Å². The normalized spacial score (nSPS) is 13.4. The second-order valence-electron chi connectivity index (χ2n) is 5.92. The molecule has 3 aromatic rings. The summed E-state index contributed by atoms with van der Waals surface area (Å²) in [4.78, 5) is 0. The molecule has 0 radical (unpaired) electrons. The van der Waals surface area contributed by atoms with Gasteiger partial charge in [0.15, 0.2) is 0 Å². The summed E-state index contributed by atoms with van der Waals surface area (Å²) in [5.74, 6) is 0. The minimum absolute atomic E-state index is 1.16. The van der Waals surface area contributed by atoms with Gasteiger partial charge in [0, 0.05) is 0 Å². The highest BCUT2D eigenvalue weighted by atomic mass is 14.1. The van der Waals surface area contributed by atoms with Crippen LogP contribution in [0, 0.1) is 6.92 Å². The van der Waals surface area contributed by atoms with Gasteiger partial charge < -0.3 is 0 Å². The molecule has 21 heavy (non-hydrogen) atoms. The lowest BCUT2D eigenvalue weighted by Gasteiger charge is -2.13. The monoisotopic (exact) mass is 270 g/mol. The molecule has 1 aliphatic rings. The standard InChI is InChI=1S/C21H18/c1-15-6-7-19-14-21(11-10-18(19)12-15)20-9-8-16-4-2-3-5-17(16)13-20/h2,4,6-14H,3,5H2,1H3. The molecule has 0 heterocycles. The van der Waals surface area contributed by atoms with Gasteiger partial charge in [-0.15, -0.1) is 0 Å². The van der Waals surface area contributed by atoms with E-state index in [-0.39, 0.29) is 0 Å². The summed E-state index contributed by atoms with van der Waals surface area (Å²) in [6, 6.07) is 20.3. The SMILES string of the molecule is Cc1ccc2cc(-c3ccc4c(c3)CCC=C4)ccc2c1. The molecular formula is C21H18. The summed E-state index contributed by atoms with van der Waals surface area (Å²) in [5.41, 5.74) is 6.80. The average molecular weight is 270 g/mol. The molecule has 0 fully saturated rings. The predicted octanol–water partition coefficient (Wildman–Crippen LogP) is 5.77. The second kappa shape index (κ2) is 4.89. The van der Waals surface area contributed by atoms with Crippen molar-refractivity contribution in [2.45, 2.75) is 19.8 Å². The maximum atomic E-state index is 2.36. The van der Waals surface area contributed by atoms with Crippen LogP contribution in [0.1, 0.15) is 23.1 Å². The van der Waals surface area contributed by atoms with Crippen LogP contribution in [-0.2, 0) is 6.42 Å². The molecule has 3 aromatic carbocycles. The number of rotatable bonds is 1. The van der Waals surface area contributed by atoms with Gasteiger partial charge in [-0.05, 0) is 58.9 Å². The van der Waals surface area contributed by atoms with Crippen LogP contribution in [0.25, 0.3) is 28.0 Å². The maximum absolute atomic E-state index is 2.36. The summed E-state index contributed by atoms with van der Waals surface area (Å²) in [6.07, 6.45) is 6.83. The van der Waals surface area contributed by atoms with Gasteiger partial charge in [-0.1, -0.05) is 66.2 Å². The Morgan fingerprint density at radius 3 is 2.48 bits per heavy atom. The summed E-state index contributed by atoms with van der Waals surface area (Å²) < 4.78 is 0. The zero-order valence-corrected chi connectivity index (χ0v) is 12.3. The van der Waals surface area contributed by atoms with Crippen molar-refractivity contribution in [3.8, 4) is 11.1 Å². The highest BCUT2D eigenvalue weighted by molar-refractivity contribution is 5.88. The Morgan fingerprint density at radius 1 is 0.762 bits per heavy atom. The molecule has 102 valence electrons. The third-order valence-electron chi connectivity index (χ3n) is 4.35. The second-order valence-corrected chi connectivity index (χ2v) is 5.92. The molecule has 0 heteroatoms. The van der Waals surface area contributed by atoms with Gasteiger partial charge in [0.25, 0.3) is 0 Å². The van der Waals surface area contributed by atoms with Crippen LogP contribution in [0.4, 0.5) is 0 Å². The molecule has 1 aliphatic carbocycles. The molecule has 0 saturated heterocycles. The molecule has 0 aliphatic heterocycles. The molecule has 0 unspecified atom stereocenters. The molecule has 0 spiro atoms. The molecular weight excluding hydrogens is 252 g/mol. The Hall–Kier alpha value is -2.34. The lowest BCUT2D eigenvalue weighted by atomic mass is 9.92. The summed E-state index contributed by atoms with van der Waals surface area (Å²) >= 11 is 0. The predicted molar refractivity (Wildman–Crippen MR) is 91.5 cm³/mol. The Bertz CT molecular complexity index is 853. The first-order chi connectivity index (χ1) is 10.3. The summed E-state index contributed by atoms with van der Waals surface area (Å²) in [5, 5.41) is 2.63. The number of fused-ring (bicyclic) bond motifs is 2. The Labute approximate surface area is 125 Å². The minimum Gasteiger partial charge on any atom is -0.0836 e. The number of hydrogen-bond acceptors (Lipinski definition) is 0. The highest BCUT2D eigenvalue weighted by Gasteiger charge is 2.07. The third kappa shape index (κ3) is 2.27. The van der Waals surface area contributed by atoms with Gasteiger partial charge in [-0.3, -0.25) is 0 Å². The molecule has 4 rings (SSSR count). The van der Waals surface area contributed by atoms with Crippen molar-refractivity contribution in [2.75, 3.05) is 0 Å². The molecule has 0 saturated carbocycles. The fraction of sp³-hybridized carbons (Fsp3) is 0.143. The van der Waals surface area contributed by atoms with Crippen LogP contribution in [0.3, 0.4) is 0 Å². The first-order valence-corrected chi connectivity index (χ1v) is 7.60. The summed E-state index contributed by atoms with van der Waals surface area (Å²) in [7, 11) is 0. The van der Waals surface area contributed by atoms with Crippen molar-refractivity contribution in [3.05, 3.63) is 77.4 Å². The quantitative estimate of drug-likeness (QED) is 0.526. The highest BCUT2D eigenvalue weighted by Crippen LogP contribution is 2.29. The van der Waals surface area contributed by atoms with Crippen molar-refractivity contribution < 1.29 is 0 Å². The third-order valence-corrected chi connectivity index (χ3v) is 4.35. The maximum Gasteiger partial charge on any atom is -0.0178 e. The van der Waals surface area contributed by atoms with Crippen LogP contribution in [-0.4, -0.2) is 0 Å². The van der Waals surface area contributed by atoms with Gasteiger partial charge in [0.1, 0.15) is 0 Å². The number of aryl methyl sites for hydroxylation is 2. The first-order valence-electron chi connectivity index (χ1n) is 7.60. The van der Waals surface area contributed by atoms with Gasteiger partial charge in [0.05, 0.1) is 0 Å². The molecule has 0 amide bonds. The van der Waals surface area contributed by atoms with E-state index in [2.05, 4.69) is 73.7 Å². The first kappa shape index (κ1) is 12.4. The van der Waals surface area contributed by atoms with Crippen molar-refractivity contribution in [1.82, 2.24) is 0 Å². The van der Waals surface area contributed by atoms with Gasteiger partial charge >= 0.3 is 0 Å². The molecule has 0 nitrogen and oxygen atoms in total. The van der Waals surface area contributed by atoms with E-state index >= 15 is 0 Å². The van der Waals surface area contributed by atoms with E-state index in [0.717, 1.165) is 12.8 Å². The fourth-order valence-electron chi connectivity index (χ4n) is 3.16. The zero-order chi connectivity index (χ0) is 14.2. The van der Waals surface area contributed by atoms with E-state index in [1.54, 1.807) is 0 Å². The Kier molecular flexibility index (Phi) is 2.89. The Balaban J connectivity index is 1.82. The topological polar surface area (TPSA) is 0 Å². The lowest BCUT2D eigenvalue weighted by Crippen LogP contribution is -1.94. The van der Waals surface area contributed by atoms with Gasteiger partial charge in [-0.2, -0.15) is 0 Å². The zero-order valence-electron chi connectivity index (χ0n) is 12.3. The largest absolute Gasteiger partial charge is 0.0836 e. The van der Waals surface area contributed by atoms with E-state index in [9.17, 15) is 0 Å². The van der Waals surface area contributed by atoms with Crippen LogP contribution >= 0.6 is 0 Å². The summed E-state index contributed by atoms with van der Waals surface area (Å²) in [6.45, 7) is 2.14. The minimum atomic E-state index is 1.16. The number of hydrogen-bond donors (Lipinski definition) is 0. The van der Waals surface area contributed by atoms with Gasteiger partial charge in [-0.25, -0.2) is 0 Å². The lowest BCUT2D eigenvalue weighted by molar-refractivity contribution is 0.986. The van der Waals surface area contributed by atoms with Crippen molar-refractivity contribution in [1.29, 1.82) is 0 Å². The van der Waals surface area contributed by atoms with E-state index in [1.165, 1.54) is 38.6 Å². The fourth-order valence-corrected chi connectivity index (χ4v) is 3.16. The molecule has 0 bridgehead atoms. The van der Waals surface area contributed by atoms with Crippen LogP contribution in [0.2, 0.25) is 0 Å². The van der Waals surface area contributed by atoms with E-state index in [1.807, 2.05) is 0 Å². The van der Waals surface area contributed by atoms with Crippen molar-refractivity contribution >= 4 is 16.8 Å². The smallest absolute Gasteiger partial charge is 0.0178 e. The molecule has 0 aromatic heterocycles. The van der Waals surface area contributed by atoms with E-state index in [0.29, 0.717) is 0 Å². The number of benzene rings is 3. The van der Waals surface area contributed by atoms with Crippen LogP contribution in [0.15, 0.2) is 60.7 Å².